The second kappa shape index (κ2) is 9.72. The van der Waals surface area contributed by atoms with Crippen molar-refractivity contribution in [2.75, 3.05) is 31.5 Å². The van der Waals surface area contributed by atoms with Gasteiger partial charge in [0, 0.05) is 12.2 Å². The van der Waals surface area contributed by atoms with E-state index in [9.17, 15) is 4.79 Å². The quantitative estimate of drug-likeness (QED) is 0.734. The molecule has 2 N–H and O–H groups in total. The van der Waals surface area contributed by atoms with Crippen molar-refractivity contribution in [3.63, 3.8) is 0 Å². The first kappa shape index (κ1) is 19.6. The van der Waals surface area contributed by atoms with E-state index in [1.54, 1.807) is 6.26 Å². The van der Waals surface area contributed by atoms with Crippen LogP contribution >= 0.6 is 0 Å². The third-order valence-corrected chi connectivity index (χ3v) is 5.18. The fraction of sp³-hybridized carbons (Fsp3) is 0.500. The van der Waals surface area contributed by atoms with Crippen molar-refractivity contribution in [3.8, 4) is 0 Å². The van der Waals surface area contributed by atoms with Crippen LogP contribution in [0.5, 0.6) is 0 Å². The number of hydrogen-bond donors (Lipinski definition) is 2. The Morgan fingerprint density at radius 1 is 1.11 bits per heavy atom. The van der Waals surface area contributed by atoms with E-state index in [4.69, 9.17) is 4.42 Å². The van der Waals surface area contributed by atoms with Gasteiger partial charge in [-0.05, 0) is 55.6 Å². The maximum absolute atomic E-state index is 12.4. The molecule has 1 aromatic heterocycles. The zero-order valence-electron chi connectivity index (χ0n) is 16.4. The number of amides is 1. The van der Waals surface area contributed by atoms with Crippen LogP contribution in [-0.2, 0) is 4.79 Å². The smallest absolute Gasteiger partial charge is 0.238 e. The molecule has 2 heterocycles. The molecule has 0 bridgehead atoms. The first-order chi connectivity index (χ1) is 13.1. The van der Waals surface area contributed by atoms with Gasteiger partial charge in [0.2, 0.25) is 5.91 Å². The molecule has 0 radical (unpaired) electrons. The third kappa shape index (κ3) is 5.44. The Kier molecular flexibility index (Phi) is 7.07. The summed E-state index contributed by atoms with van der Waals surface area (Å²) in [5, 5.41) is 6.37. The first-order valence-electron chi connectivity index (χ1n) is 10.0. The fourth-order valence-corrected chi connectivity index (χ4v) is 3.75. The Morgan fingerprint density at radius 3 is 2.59 bits per heavy atom. The predicted molar refractivity (Wildman–Crippen MR) is 109 cm³/mol. The van der Waals surface area contributed by atoms with E-state index in [-0.39, 0.29) is 18.5 Å². The molecule has 1 aliphatic rings. The third-order valence-electron chi connectivity index (χ3n) is 5.18. The molecule has 0 spiro atoms. The van der Waals surface area contributed by atoms with Crippen LogP contribution in [0.1, 0.15) is 56.4 Å². The van der Waals surface area contributed by atoms with Crippen molar-refractivity contribution in [3.05, 3.63) is 54.0 Å². The van der Waals surface area contributed by atoms with Crippen LogP contribution in [0.4, 0.5) is 5.69 Å². The Bertz CT molecular complexity index is 706. The van der Waals surface area contributed by atoms with Crippen molar-refractivity contribution in [2.45, 2.75) is 45.1 Å². The van der Waals surface area contributed by atoms with Crippen LogP contribution in [0.3, 0.4) is 0 Å². The number of nitrogens with zero attached hydrogens (tertiary/aromatic N) is 1. The maximum Gasteiger partial charge on any atom is 0.238 e. The molecule has 0 aliphatic carbocycles. The predicted octanol–water partition coefficient (Wildman–Crippen LogP) is 4.16. The van der Waals surface area contributed by atoms with Gasteiger partial charge in [-0.3, -0.25) is 9.69 Å². The standard InChI is InChI=1S/C22H31N3O2/c1-17(2)18-9-4-5-10-19(18)24-22(26)16-23-15-20(21-11-8-14-27-21)25-12-6-3-7-13-25/h4-5,8-11,14,17,20,23H,3,6-7,12-13,15-16H2,1-2H3,(H,24,26). The van der Waals surface area contributed by atoms with Crippen LogP contribution in [0, 0.1) is 0 Å². The van der Waals surface area contributed by atoms with Gasteiger partial charge in [-0.25, -0.2) is 0 Å². The highest BCUT2D eigenvalue weighted by molar-refractivity contribution is 5.93. The molecule has 1 amide bonds. The minimum atomic E-state index is -0.0139. The highest BCUT2D eigenvalue weighted by Gasteiger charge is 2.24. The lowest BCUT2D eigenvalue weighted by molar-refractivity contribution is -0.115. The molecular weight excluding hydrogens is 338 g/mol. The molecule has 5 nitrogen and oxygen atoms in total. The number of piperidine rings is 1. The highest BCUT2D eigenvalue weighted by atomic mass is 16.3. The van der Waals surface area contributed by atoms with E-state index >= 15 is 0 Å². The van der Waals surface area contributed by atoms with Gasteiger partial charge in [-0.15, -0.1) is 0 Å². The van der Waals surface area contributed by atoms with Crippen molar-refractivity contribution in [1.29, 1.82) is 0 Å². The van der Waals surface area contributed by atoms with E-state index in [2.05, 4.69) is 35.4 Å². The van der Waals surface area contributed by atoms with Crippen LogP contribution in [0.2, 0.25) is 0 Å². The minimum Gasteiger partial charge on any atom is -0.468 e. The van der Waals surface area contributed by atoms with Crippen LogP contribution < -0.4 is 10.6 Å². The molecule has 1 saturated heterocycles. The zero-order chi connectivity index (χ0) is 19.1. The van der Waals surface area contributed by atoms with E-state index in [1.165, 1.54) is 19.3 Å². The fourth-order valence-electron chi connectivity index (χ4n) is 3.75. The van der Waals surface area contributed by atoms with Crippen molar-refractivity contribution in [1.82, 2.24) is 10.2 Å². The van der Waals surface area contributed by atoms with Gasteiger partial charge in [0.1, 0.15) is 5.76 Å². The lowest BCUT2D eigenvalue weighted by atomic mass is 10.0. The van der Waals surface area contributed by atoms with E-state index < -0.39 is 0 Å². The second-order valence-electron chi connectivity index (χ2n) is 7.55. The molecule has 146 valence electrons. The molecule has 1 fully saturated rings. The number of nitrogens with one attached hydrogen (secondary N) is 2. The Hall–Kier alpha value is -2.11. The molecular formula is C22H31N3O2. The summed E-state index contributed by atoms with van der Waals surface area (Å²) in [5.41, 5.74) is 2.06. The van der Waals surface area contributed by atoms with Crippen LogP contribution in [-0.4, -0.2) is 37.0 Å². The number of benzene rings is 1. The van der Waals surface area contributed by atoms with E-state index in [1.807, 2.05) is 30.3 Å². The number of anilines is 1. The molecule has 1 aliphatic heterocycles. The molecule has 27 heavy (non-hydrogen) atoms. The lowest BCUT2D eigenvalue weighted by Gasteiger charge is -2.33. The lowest BCUT2D eigenvalue weighted by Crippen LogP contribution is -2.40. The molecule has 5 heteroatoms. The van der Waals surface area contributed by atoms with Gasteiger partial charge in [-0.2, -0.15) is 0 Å². The number of rotatable bonds is 8. The van der Waals surface area contributed by atoms with Crippen molar-refractivity contribution >= 4 is 11.6 Å². The van der Waals surface area contributed by atoms with Gasteiger partial charge in [0.25, 0.3) is 0 Å². The Balaban J connectivity index is 1.54. The molecule has 0 saturated carbocycles. The van der Waals surface area contributed by atoms with Gasteiger partial charge < -0.3 is 15.1 Å². The number of para-hydroxylation sites is 1. The average molecular weight is 370 g/mol. The van der Waals surface area contributed by atoms with Crippen LogP contribution in [0.25, 0.3) is 0 Å². The Labute approximate surface area is 162 Å². The second-order valence-corrected chi connectivity index (χ2v) is 7.55. The maximum atomic E-state index is 12.4. The number of carbonyl (C=O) groups is 1. The summed E-state index contributed by atoms with van der Waals surface area (Å²) in [6.07, 6.45) is 5.47. The van der Waals surface area contributed by atoms with Crippen molar-refractivity contribution < 1.29 is 9.21 Å². The SMILES string of the molecule is CC(C)c1ccccc1NC(=O)CNCC(c1ccco1)N1CCCCC1. The molecule has 2 aromatic rings. The largest absolute Gasteiger partial charge is 0.468 e. The molecule has 1 aromatic carbocycles. The number of furan rings is 1. The molecule has 3 rings (SSSR count). The van der Waals surface area contributed by atoms with E-state index in [0.29, 0.717) is 12.5 Å². The summed E-state index contributed by atoms with van der Waals surface area (Å²) < 4.78 is 5.66. The molecule has 1 atom stereocenters. The Morgan fingerprint density at radius 2 is 1.89 bits per heavy atom. The van der Waals surface area contributed by atoms with E-state index in [0.717, 1.165) is 30.1 Å². The molecule has 1 unspecified atom stereocenters. The number of carbonyl (C=O) groups excluding carboxylic acids is 1. The number of hydrogen-bond acceptors (Lipinski definition) is 4. The summed E-state index contributed by atoms with van der Waals surface area (Å²) in [7, 11) is 0. The summed E-state index contributed by atoms with van der Waals surface area (Å²) in [5.74, 6) is 1.33. The topological polar surface area (TPSA) is 57.5 Å². The normalized spacial score (nSPS) is 16.4. The van der Waals surface area contributed by atoms with Crippen LogP contribution in [0.15, 0.2) is 47.1 Å². The summed E-state index contributed by atoms with van der Waals surface area (Å²) in [4.78, 5) is 14.9. The first-order valence-corrected chi connectivity index (χ1v) is 10.0. The van der Waals surface area contributed by atoms with Gasteiger partial charge in [0.05, 0.1) is 18.8 Å². The highest BCUT2D eigenvalue weighted by Crippen LogP contribution is 2.25. The van der Waals surface area contributed by atoms with Gasteiger partial charge in [-0.1, -0.05) is 38.5 Å². The van der Waals surface area contributed by atoms with Crippen molar-refractivity contribution in [2.24, 2.45) is 0 Å². The summed E-state index contributed by atoms with van der Waals surface area (Å²) >= 11 is 0. The monoisotopic (exact) mass is 369 g/mol. The van der Waals surface area contributed by atoms with Gasteiger partial charge in [0.15, 0.2) is 0 Å². The zero-order valence-corrected chi connectivity index (χ0v) is 16.4. The van der Waals surface area contributed by atoms with Gasteiger partial charge >= 0.3 is 0 Å². The number of likely N-dealkylation sites (tertiary alicyclic amines) is 1. The minimum absolute atomic E-state index is 0.0139. The average Bonchev–Trinajstić information content (AvgIpc) is 3.20. The summed E-state index contributed by atoms with van der Waals surface area (Å²) in [6, 6.07) is 12.1. The summed E-state index contributed by atoms with van der Waals surface area (Å²) in [6.45, 7) is 7.43.